The van der Waals surface area contributed by atoms with Crippen LogP contribution in [0.5, 0.6) is 0 Å². The van der Waals surface area contributed by atoms with Crippen molar-refractivity contribution in [2.45, 2.75) is 97.0 Å². The van der Waals surface area contributed by atoms with Crippen LogP contribution >= 0.6 is 36.4 Å². The lowest BCUT2D eigenvalue weighted by Crippen LogP contribution is -2.37. The Balaban J connectivity index is 1.25. The first kappa shape index (κ1) is 45.7. The summed E-state index contributed by atoms with van der Waals surface area (Å²) >= 11 is 0.817. The van der Waals surface area contributed by atoms with Crippen molar-refractivity contribution in [3.8, 4) is 0 Å². The van der Waals surface area contributed by atoms with Gasteiger partial charge in [-0.2, -0.15) is 4.98 Å². The van der Waals surface area contributed by atoms with E-state index in [9.17, 15) is 23.8 Å². The molecule has 3 aliphatic heterocycles. The highest BCUT2D eigenvalue weighted by Crippen LogP contribution is 2.66. The molecule has 3 saturated heterocycles. The average Bonchev–Trinajstić information content (AvgIpc) is 3.94. The van der Waals surface area contributed by atoms with Gasteiger partial charge in [0.2, 0.25) is 5.95 Å². The van der Waals surface area contributed by atoms with Gasteiger partial charge in [-0.3, -0.25) is 41.8 Å². The van der Waals surface area contributed by atoms with Gasteiger partial charge >= 0.3 is 19.6 Å². The van der Waals surface area contributed by atoms with E-state index in [0.717, 1.165) is 17.2 Å². The number of anilines is 2. The van der Waals surface area contributed by atoms with Crippen molar-refractivity contribution in [3.05, 3.63) is 29.3 Å². The Kier molecular flexibility index (Phi) is 13.0. The third-order valence-electron chi connectivity index (χ3n) is 9.41. The molecule has 23 nitrogen and oxygen atoms in total. The number of fused-ring (bicyclic) bond motifs is 4. The molecular weight excluding hydrogens is 896 g/mol. The predicted molar refractivity (Wildman–Crippen MR) is 214 cm³/mol. The van der Waals surface area contributed by atoms with Crippen LogP contribution in [0.3, 0.4) is 0 Å². The van der Waals surface area contributed by atoms with Crippen LogP contribution in [0.1, 0.15) is 54.0 Å². The molecule has 3 aliphatic rings. The second kappa shape index (κ2) is 17.3. The summed E-state index contributed by atoms with van der Waals surface area (Å²) in [5.74, 6) is -2.10. The molecule has 0 bridgehead atoms. The first-order chi connectivity index (χ1) is 28.6. The number of alkyl halides is 2. The van der Waals surface area contributed by atoms with Crippen molar-refractivity contribution in [2.75, 3.05) is 36.6 Å². The summed E-state index contributed by atoms with van der Waals surface area (Å²) in [6.45, 7) is -1.14. The summed E-state index contributed by atoms with van der Waals surface area (Å²) in [7, 11) is 0. The highest BCUT2D eigenvalue weighted by atomic mass is 32.7. The fourth-order valence-electron chi connectivity index (χ4n) is 6.14. The Hall–Kier alpha value is -3.33. The lowest BCUT2D eigenvalue weighted by Gasteiger charge is -2.31. The van der Waals surface area contributed by atoms with E-state index in [1.165, 1.54) is 10.9 Å². The van der Waals surface area contributed by atoms with Crippen LogP contribution in [0.15, 0.2) is 23.8 Å². The first-order valence-electron chi connectivity index (χ1n) is 18.4. The topological polar surface area (TPSA) is 304 Å². The molecule has 4 aromatic rings. The van der Waals surface area contributed by atoms with Gasteiger partial charge < -0.3 is 35.5 Å². The van der Waals surface area contributed by atoms with Gasteiger partial charge in [-0.1, -0.05) is 20.8 Å². The van der Waals surface area contributed by atoms with E-state index >= 15 is 8.78 Å². The molecule has 11 atom stereocenters. The number of carbonyl (C=O) groups is 1. The standard InChI is InChI=1S/C32H44F2N10O13P2S2/c1-31(2,3)28(46)50-12-60-58(48)53-8-15-21(17(34)27(55-15)44-11-40-19-24(44)41-30(36)42-25(19)45)57-59(49,61-13-51-29(47)32(4,5)6)52-7-14-20(56-58)16(33)26(54-14)43-10-39-18-22(35)37-9-38-23(18)43/h9-11,14-17,20-21,26-28,46H,7-8,12-13H2,1-6H3,(H2,35,37,38)(H3,36,41,42,45)/t14?,15?,16-,17-,20-,21-,26?,27?,28?,58?,59?/m1/s1. The van der Waals surface area contributed by atoms with E-state index in [0.29, 0.717) is 22.8 Å². The van der Waals surface area contributed by atoms with E-state index in [2.05, 4.69) is 29.9 Å². The zero-order valence-corrected chi connectivity index (χ0v) is 36.8. The van der Waals surface area contributed by atoms with Gasteiger partial charge in [-0.25, -0.2) is 37.8 Å². The minimum Gasteiger partial charge on any atom is -0.454 e. The monoisotopic (exact) mass is 940 g/mol. The Bertz CT molecular complexity index is 2420. The lowest BCUT2D eigenvalue weighted by atomic mass is 9.96. The smallest absolute Gasteiger partial charge is 0.392 e. The van der Waals surface area contributed by atoms with Crippen molar-refractivity contribution in [1.82, 2.24) is 39.0 Å². The molecule has 0 aromatic carbocycles. The van der Waals surface area contributed by atoms with Crippen molar-refractivity contribution < 1.29 is 64.9 Å². The number of hydrogen-bond acceptors (Lipinski definition) is 22. The van der Waals surface area contributed by atoms with Gasteiger partial charge in [0.15, 0.2) is 53.7 Å². The first-order valence-corrected chi connectivity index (χ1v) is 24.7. The molecule has 336 valence electrons. The zero-order chi connectivity index (χ0) is 44.2. The number of halogens is 2. The van der Waals surface area contributed by atoms with Gasteiger partial charge in [0.1, 0.15) is 48.1 Å². The highest BCUT2D eigenvalue weighted by Gasteiger charge is 2.56. The average molecular weight is 941 g/mol. The Labute approximate surface area is 353 Å². The lowest BCUT2D eigenvalue weighted by molar-refractivity contribution is -0.150. The number of rotatable bonds is 9. The number of imidazole rings is 2. The fourth-order valence-corrected chi connectivity index (χ4v) is 11.8. The number of nitrogens with zero attached hydrogens (tertiary/aromatic N) is 7. The largest absolute Gasteiger partial charge is 0.454 e. The number of aliphatic hydroxyl groups is 1. The van der Waals surface area contributed by atoms with Crippen molar-refractivity contribution in [3.63, 3.8) is 0 Å². The summed E-state index contributed by atoms with van der Waals surface area (Å²) in [6.07, 6.45) is -12.5. The molecule has 61 heavy (non-hydrogen) atoms. The maximum Gasteiger partial charge on any atom is 0.392 e. The Morgan fingerprint density at radius 1 is 0.902 bits per heavy atom. The summed E-state index contributed by atoms with van der Waals surface area (Å²) in [6, 6.07) is 0. The number of carbonyl (C=O) groups excluding carboxylic acids is 1. The maximum absolute atomic E-state index is 16.9. The van der Waals surface area contributed by atoms with Crippen LogP contribution in [0.4, 0.5) is 20.5 Å². The van der Waals surface area contributed by atoms with E-state index in [1.54, 1.807) is 41.5 Å². The predicted octanol–water partition coefficient (Wildman–Crippen LogP) is 3.98. The molecule has 4 aromatic heterocycles. The quantitative estimate of drug-likeness (QED) is 0.105. The maximum atomic E-state index is 16.9. The van der Waals surface area contributed by atoms with Crippen LogP contribution in [0, 0.1) is 10.8 Å². The Morgan fingerprint density at radius 2 is 1.44 bits per heavy atom. The van der Waals surface area contributed by atoms with E-state index in [-0.39, 0.29) is 34.1 Å². The summed E-state index contributed by atoms with van der Waals surface area (Å²) in [5.41, 5.74) is 9.06. The number of nitrogens with one attached hydrogen (secondary N) is 1. The second-order valence-electron chi connectivity index (χ2n) is 16.1. The van der Waals surface area contributed by atoms with Crippen LogP contribution < -0.4 is 17.0 Å². The SMILES string of the molecule is CC(C)(C)C(=O)OCSP1(=O)OCC2OC(n3cnc4c(N)ncnc43)[C@H](F)[C@@H]2OP(=O)(SCOC(O)C(C)(C)C)OCC2OC(n3cnc4c(=O)[nH]c(N)nc43)[C@H](F)[C@@H]2O1. The van der Waals surface area contributed by atoms with Gasteiger partial charge in [0.05, 0.1) is 31.3 Å². The van der Waals surface area contributed by atoms with Crippen LogP contribution in [0.25, 0.3) is 22.3 Å². The number of ether oxygens (including phenoxy) is 4. The summed E-state index contributed by atoms with van der Waals surface area (Å²) in [5, 5.41) is 10.5. The van der Waals surface area contributed by atoms with Crippen molar-refractivity contribution >= 4 is 76.4 Å². The van der Waals surface area contributed by atoms with E-state index < -0.39 is 117 Å². The Morgan fingerprint density at radius 3 is 2.00 bits per heavy atom. The molecule has 29 heteroatoms. The fraction of sp³-hybridized carbons (Fsp3) is 0.656. The van der Waals surface area contributed by atoms with E-state index in [4.69, 9.17) is 48.5 Å². The van der Waals surface area contributed by atoms with Gasteiger partial charge in [-0.05, 0) is 32.2 Å². The summed E-state index contributed by atoms with van der Waals surface area (Å²) < 4.78 is 112. The molecule has 7 heterocycles. The molecule has 6 N–H and O–H groups in total. The number of aliphatic hydroxyl groups excluding tert-OH is 1. The molecule has 0 amide bonds. The number of hydrogen-bond donors (Lipinski definition) is 4. The molecule has 0 saturated carbocycles. The number of aromatic nitrogens is 8. The highest BCUT2D eigenvalue weighted by molar-refractivity contribution is 8.55. The van der Waals surface area contributed by atoms with Gasteiger partial charge in [0, 0.05) is 16.8 Å². The van der Waals surface area contributed by atoms with Crippen LogP contribution in [0.2, 0.25) is 0 Å². The molecule has 7 rings (SSSR count). The normalized spacial score (nSPS) is 32.0. The van der Waals surface area contributed by atoms with Crippen molar-refractivity contribution in [2.24, 2.45) is 10.8 Å². The van der Waals surface area contributed by atoms with Gasteiger partial charge in [0.25, 0.3) is 5.56 Å². The molecular formula is C32H44F2N10O13P2S2. The zero-order valence-electron chi connectivity index (χ0n) is 33.4. The number of esters is 1. The number of H-pyrrole nitrogens is 1. The van der Waals surface area contributed by atoms with Crippen molar-refractivity contribution in [1.29, 1.82) is 0 Å². The third kappa shape index (κ3) is 9.62. The van der Waals surface area contributed by atoms with Crippen LogP contribution in [-0.2, 0) is 51.0 Å². The van der Waals surface area contributed by atoms with E-state index in [1.807, 2.05) is 0 Å². The molecule has 0 aliphatic carbocycles. The number of nitrogens with two attached hydrogens (primary N) is 2. The minimum atomic E-state index is -4.71. The summed E-state index contributed by atoms with van der Waals surface area (Å²) in [4.78, 5) is 47.8. The molecule has 0 radical (unpaired) electrons. The molecule has 0 spiro atoms. The number of nitrogen functional groups attached to an aromatic ring is 2. The number of aromatic amines is 1. The molecule has 7 unspecified atom stereocenters. The second-order valence-corrected chi connectivity index (χ2v) is 24.0. The minimum absolute atomic E-state index is 0.00583. The van der Waals surface area contributed by atoms with Gasteiger partial charge in [-0.15, -0.1) is 0 Å². The third-order valence-corrected chi connectivity index (χ3v) is 16.1. The molecule has 3 fully saturated rings. The van der Waals surface area contributed by atoms with Crippen LogP contribution in [-0.4, -0.2) is 118 Å².